The Labute approximate surface area is 102 Å². The van der Waals surface area contributed by atoms with Crippen LogP contribution in [-0.4, -0.2) is 23.9 Å². The minimum absolute atomic E-state index is 0.0689. The Morgan fingerprint density at radius 1 is 1.24 bits per heavy atom. The molecule has 3 nitrogen and oxygen atoms in total. The molecule has 0 spiro atoms. The molecule has 0 amide bonds. The Morgan fingerprint density at radius 2 is 2.00 bits per heavy atom. The van der Waals surface area contributed by atoms with E-state index >= 15 is 0 Å². The van der Waals surface area contributed by atoms with Crippen molar-refractivity contribution in [3.63, 3.8) is 0 Å². The Bertz CT molecular complexity index is 351. The topological polar surface area (TPSA) is 38.7 Å². The second kappa shape index (κ2) is 5.92. The van der Waals surface area contributed by atoms with Crippen molar-refractivity contribution >= 4 is 0 Å². The van der Waals surface area contributed by atoms with Crippen LogP contribution < -0.4 is 9.47 Å². The predicted octanol–water partition coefficient (Wildman–Crippen LogP) is 2.77. The third-order valence-corrected chi connectivity index (χ3v) is 3.07. The third-order valence-electron chi connectivity index (χ3n) is 3.07. The minimum atomic E-state index is -0.334. The maximum Gasteiger partial charge on any atom is 0.124 e. The third kappa shape index (κ3) is 3.37. The molecule has 1 aromatic carbocycles. The fourth-order valence-corrected chi connectivity index (χ4v) is 2.19. The Kier molecular flexibility index (Phi) is 4.26. The zero-order chi connectivity index (χ0) is 12.1. The lowest BCUT2D eigenvalue weighted by molar-refractivity contribution is 0.00676. The number of hydrogen-bond acceptors (Lipinski definition) is 3. The molecule has 0 aliphatic heterocycles. The molecule has 0 saturated heterocycles. The van der Waals surface area contributed by atoms with Crippen molar-refractivity contribution in [3.05, 3.63) is 24.3 Å². The summed E-state index contributed by atoms with van der Waals surface area (Å²) >= 11 is 0. The summed E-state index contributed by atoms with van der Waals surface area (Å²) in [5.74, 6) is 1.59. The number of aliphatic hydroxyl groups is 1. The molecule has 0 heterocycles. The molecule has 94 valence electrons. The molecule has 0 unspecified atom stereocenters. The van der Waals surface area contributed by atoms with E-state index in [0.717, 1.165) is 37.2 Å². The molecule has 1 aliphatic carbocycles. The van der Waals surface area contributed by atoms with E-state index in [4.69, 9.17) is 9.47 Å². The van der Waals surface area contributed by atoms with E-state index in [0.29, 0.717) is 6.61 Å². The molecule has 0 radical (unpaired) electrons. The molecule has 1 aromatic rings. The van der Waals surface area contributed by atoms with E-state index in [1.165, 1.54) is 0 Å². The highest BCUT2D eigenvalue weighted by atomic mass is 16.5. The van der Waals surface area contributed by atoms with E-state index in [2.05, 4.69) is 0 Å². The van der Waals surface area contributed by atoms with Crippen molar-refractivity contribution in [2.45, 2.75) is 44.8 Å². The van der Waals surface area contributed by atoms with Gasteiger partial charge in [-0.3, -0.25) is 0 Å². The predicted molar refractivity (Wildman–Crippen MR) is 66.5 cm³/mol. The van der Waals surface area contributed by atoms with Gasteiger partial charge in [-0.15, -0.1) is 0 Å². The van der Waals surface area contributed by atoms with Crippen molar-refractivity contribution in [2.75, 3.05) is 6.61 Å². The van der Waals surface area contributed by atoms with Gasteiger partial charge in [0.2, 0.25) is 0 Å². The van der Waals surface area contributed by atoms with Gasteiger partial charge in [0.1, 0.15) is 17.6 Å². The molecule has 1 saturated carbocycles. The quantitative estimate of drug-likeness (QED) is 0.873. The highest BCUT2D eigenvalue weighted by Crippen LogP contribution is 2.26. The standard InChI is InChI=1S/C14H20O3/c1-2-16-11-6-5-7-12(10-11)17-14-9-4-3-8-13(14)15/h5-7,10,13-15H,2-4,8-9H2,1H3/t13-,14-/m0/s1. The summed E-state index contributed by atoms with van der Waals surface area (Å²) < 4.78 is 11.2. The summed E-state index contributed by atoms with van der Waals surface area (Å²) in [7, 11) is 0. The molecule has 3 heteroatoms. The number of rotatable bonds is 4. The van der Waals surface area contributed by atoms with Crippen LogP contribution in [0.4, 0.5) is 0 Å². The van der Waals surface area contributed by atoms with Crippen molar-refractivity contribution in [2.24, 2.45) is 0 Å². The summed E-state index contributed by atoms with van der Waals surface area (Å²) in [5.41, 5.74) is 0. The zero-order valence-electron chi connectivity index (χ0n) is 10.3. The van der Waals surface area contributed by atoms with Crippen LogP contribution in [0.25, 0.3) is 0 Å². The lowest BCUT2D eigenvalue weighted by Gasteiger charge is -2.28. The van der Waals surface area contributed by atoms with E-state index in [9.17, 15) is 5.11 Å². The lowest BCUT2D eigenvalue weighted by Crippen LogP contribution is -2.34. The molecule has 1 aliphatic rings. The fraction of sp³-hybridized carbons (Fsp3) is 0.571. The van der Waals surface area contributed by atoms with Crippen LogP contribution in [0.2, 0.25) is 0 Å². The lowest BCUT2D eigenvalue weighted by atomic mass is 9.95. The fourth-order valence-electron chi connectivity index (χ4n) is 2.19. The first kappa shape index (κ1) is 12.2. The molecule has 2 rings (SSSR count). The number of ether oxygens (including phenoxy) is 2. The number of aliphatic hydroxyl groups excluding tert-OH is 1. The van der Waals surface area contributed by atoms with Crippen LogP contribution in [0.5, 0.6) is 11.5 Å². The van der Waals surface area contributed by atoms with Gasteiger partial charge in [0.05, 0.1) is 12.7 Å². The number of benzene rings is 1. The SMILES string of the molecule is CCOc1cccc(O[C@H]2CCCC[C@@H]2O)c1. The van der Waals surface area contributed by atoms with Gasteiger partial charge in [-0.05, 0) is 38.3 Å². The molecule has 0 aromatic heterocycles. The summed E-state index contributed by atoms with van der Waals surface area (Å²) in [6.45, 7) is 2.61. The first-order valence-corrected chi connectivity index (χ1v) is 6.37. The van der Waals surface area contributed by atoms with Crippen molar-refractivity contribution < 1.29 is 14.6 Å². The second-order valence-corrected chi connectivity index (χ2v) is 4.42. The molecular weight excluding hydrogens is 216 g/mol. The molecular formula is C14H20O3. The monoisotopic (exact) mass is 236 g/mol. The van der Waals surface area contributed by atoms with Gasteiger partial charge < -0.3 is 14.6 Å². The Hall–Kier alpha value is -1.22. The van der Waals surface area contributed by atoms with Crippen LogP contribution in [0, 0.1) is 0 Å². The van der Waals surface area contributed by atoms with Gasteiger partial charge in [0.15, 0.2) is 0 Å². The number of hydrogen-bond donors (Lipinski definition) is 1. The van der Waals surface area contributed by atoms with Crippen LogP contribution in [-0.2, 0) is 0 Å². The zero-order valence-corrected chi connectivity index (χ0v) is 10.3. The summed E-state index contributed by atoms with van der Waals surface area (Å²) in [6.07, 6.45) is 3.60. The average molecular weight is 236 g/mol. The maximum atomic E-state index is 9.85. The molecule has 2 atom stereocenters. The van der Waals surface area contributed by atoms with Crippen molar-refractivity contribution in [3.8, 4) is 11.5 Å². The average Bonchev–Trinajstić information content (AvgIpc) is 2.33. The molecule has 1 N–H and O–H groups in total. The van der Waals surface area contributed by atoms with Crippen LogP contribution in [0.15, 0.2) is 24.3 Å². The second-order valence-electron chi connectivity index (χ2n) is 4.42. The summed E-state index contributed by atoms with van der Waals surface area (Å²) in [5, 5.41) is 9.85. The van der Waals surface area contributed by atoms with Gasteiger partial charge in [0.25, 0.3) is 0 Å². The first-order chi connectivity index (χ1) is 8.29. The smallest absolute Gasteiger partial charge is 0.124 e. The molecule has 1 fully saturated rings. The Morgan fingerprint density at radius 3 is 2.76 bits per heavy atom. The maximum absolute atomic E-state index is 9.85. The van der Waals surface area contributed by atoms with Gasteiger partial charge in [0, 0.05) is 6.07 Å². The first-order valence-electron chi connectivity index (χ1n) is 6.37. The molecule has 17 heavy (non-hydrogen) atoms. The molecule has 0 bridgehead atoms. The Balaban J connectivity index is 1.99. The highest BCUT2D eigenvalue weighted by Gasteiger charge is 2.24. The van der Waals surface area contributed by atoms with Crippen LogP contribution in [0.3, 0.4) is 0 Å². The van der Waals surface area contributed by atoms with E-state index in [1.54, 1.807) is 0 Å². The van der Waals surface area contributed by atoms with Crippen molar-refractivity contribution in [1.29, 1.82) is 0 Å². The van der Waals surface area contributed by atoms with Crippen LogP contribution >= 0.6 is 0 Å². The van der Waals surface area contributed by atoms with Crippen LogP contribution in [0.1, 0.15) is 32.6 Å². The van der Waals surface area contributed by atoms with Gasteiger partial charge >= 0.3 is 0 Å². The highest BCUT2D eigenvalue weighted by molar-refractivity contribution is 5.33. The normalized spacial score (nSPS) is 24.4. The van der Waals surface area contributed by atoms with Gasteiger partial charge in [-0.2, -0.15) is 0 Å². The van der Waals surface area contributed by atoms with Gasteiger partial charge in [-0.1, -0.05) is 12.5 Å². The largest absolute Gasteiger partial charge is 0.494 e. The minimum Gasteiger partial charge on any atom is -0.494 e. The van der Waals surface area contributed by atoms with E-state index in [-0.39, 0.29) is 12.2 Å². The van der Waals surface area contributed by atoms with Crippen molar-refractivity contribution in [1.82, 2.24) is 0 Å². The van der Waals surface area contributed by atoms with E-state index in [1.807, 2.05) is 31.2 Å². The van der Waals surface area contributed by atoms with Gasteiger partial charge in [-0.25, -0.2) is 0 Å². The summed E-state index contributed by atoms with van der Waals surface area (Å²) in [6, 6.07) is 7.61. The summed E-state index contributed by atoms with van der Waals surface area (Å²) in [4.78, 5) is 0. The van der Waals surface area contributed by atoms with E-state index < -0.39 is 0 Å².